The molecule has 0 bridgehead atoms. The van der Waals surface area contributed by atoms with Gasteiger partial charge in [0.05, 0.1) is 11.6 Å². The molecular weight excluding hydrogens is 322 g/mol. The Morgan fingerprint density at radius 3 is 2.65 bits per heavy atom. The van der Waals surface area contributed by atoms with Gasteiger partial charge in [0.25, 0.3) is 0 Å². The van der Waals surface area contributed by atoms with Crippen molar-refractivity contribution in [3.8, 4) is 5.75 Å². The summed E-state index contributed by atoms with van der Waals surface area (Å²) >= 11 is 3.44. The van der Waals surface area contributed by atoms with Gasteiger partial charge in [0.15, 0.2) is 0 Å². The quantitative estimate of drug-likeness (QED) is 0.777. The van der Waals surface area contributed by atoms with Crippen LogP contribution in [0.2, 0.25) is 0 Å². The Bertz CT molecular complexity index is 605. The molecule has 2 aromatic rings. The fraction of sp³-hybridized carbons (Fsp3) is 0.231. The second-order valence-corrected chi connectivity index (χ2v) is 4.86. The van der Waals surface area contributed by atoms with Crippen molar-refractivity contribution in [3.05, 3.63) is 28.7 Å². The first-order valence-electron chi connectivity index (χ1n) is 6.11. The van der Waals surface area contributed by atoms with Crippen LogP contribution in [0.15, 0.2) is 28.7 Å². The predicted molar refractivity (Wildman–Crippen MR) is 84.6 cm³/mol. The van der Waals surface area contributed by atoms with Crippen LogP contribution in [0.25, 0.3) is 0 Å². The summed E-state index contributed by atoms with van der Waals surface area (Å²) in [5.41, 5.74) is 6.56. The molecule has 0 radical (unpaired) electrons. The van der Waals surface area contributed by atoms with Crippen LogP contribution >= 0.6 is 15.9 Å². The lowest BCUT2D eigenvalue weighted by Crippen LogP contribution is -2.05. The molecule has 20 heavy (non-hydrogen) atoms. The second-order valence-electron chi connectivity index (χ2n) is 4.00. The Kier molecular flexibility index (Phi) is 4.62. The maximum absolute atomic E-state index is 5.69. The minimum absolute atomic E-state index is 0.221. The normalized spacial score (nSPS) is 10.2. The monoisotopic (exact) mass is 337 g/mol. The summed E-state index contributed by atoms with van der Waals surface area (Å²) in [6.45, 7) is 2.76. The Morgan fingerprint density at radius 1 is 1.25 bits per heavy atom. The number of methoxy groups -OCH3 is 1. The largest absolute Gasteiger partial charge is 0.496 e. The lowest BCUT2D eigenvalue weighted by molar-refractivity contribution is 0.412. The summed E-state index contributed by atoms with van der Waals surface area (Å²) in [7, 11) is 1.63. The van der Waals surface area contributed by atoms with E-state index in [4.69, 9.17) is 10.5 Å². The third kappa shape index (κ3) is 3.51. The molecule has 0 saturated heterocycles. The molecule has 0 fully saturated rings. The SMILES string of the molecule is CCNc1cc(Nc2ccc(OC)c(Br)c2)nc(N)n1. The molecule has 1 heterocycles. The molecule has 106 valence electrons. The van der Waals surface area contributed by atoms with Crippen molar-refractivity contribution < 1.29 is 4.74 Å². The van der Waals surface area contributed by atoms with Crippen LogP contribution in [-0.4, -0.2) is 23.6 Å². The summed E-state index contributed by atoms with van der Waals surface area (Å²) in [6.07, 6.45) is 0. The zero-order valence-electron chi connectivity index (χ0n) is 11.3. The number of nitrogen functional groups attached to an aromatic ring is 1. The van der Waals surface area contributed by atoms with Gasteiger partial charge in [0.1, 0.15) is 17.4 Å². The highest BCUT2D eigenvalue weighted by molar-refractivity contribution is 9.10. The van der Waals surface area contributed by atoms with Crippen molar-refractivity contribution in [2.75, 3.05) is 30.0 Å². The Labute approximate surface area is 125 Å². The fourth-order valence-electron chi connectivity index (χ4n) is 1.69. The minimum atomic E-state index is 0.221. The van der Waals surface area contributed by atoms with Crippen LogP contribution in [0.5, 0.6) is 5.75 Å². The molecule has 0 aliphatic carbocycles. The highest BCUT2D eigenvalue weighted by Gasteiger charge is 2.05. The van der Waals surface area contributed by atoms with E-state index in [1.807, 2.05) is 25.1 Å². The van der Waals surface area contributed by atoms with Crippen LogP contribution in [0.4, 0.5) is 23.3 Å². The van der Waals surface area contributed by atoms with Crippen molar-refractivity contribution >= 4 is 39.2 Å². The van der Waals surface area contributed by atoms with Crippen molar-refractivity contribution in [2.45, 2.75) is 6.92 Å². The van der Waals surface area contributed by atoms with E-state index in [1.54, 1.807) is 13.2 Å². The van der Waals surface area contributed by atoms with E-state index in [1.165, 1.54) is 0 Å². The molecule has 0 atom stereocenters. The van der Waals surface area contributed by atoms with E-state index in [2.05, 4.69) is 36.5 Å². The molecule has 0 aliphatic rings. The first-order chi connectivity index (χ1) is 9.62. The first-order valence-corrected chi connectivity index (χ1v) is 6.90. The smallest absolute Gasteiger partial charge is 0.223 e. The summed E-state index contributed by atoms with van der Waals surface area (Å²) in [5.74, 6) is 2.31. The third-order valence-corrected chi connectivity index (χ3v) is 3.15. The third-order valence-electron chi connectivity index (χ3n) is 2.53. The number of nitrogens with zero attached hydrogens (tertiary/aromatic N) is 2. The molecular formula is C13H16BrN5O. The van der Waals surface area contributed by atoms with Gasteiger partial charge >= 0.3 is 0 Å². The topological polar surface area (TPSA) is 85.1 Å². The number of benzene rings is 1. The summed E-state index contributed by atoms with van der Waals surface area (Å²) < 4.78 is 6.05. The predicted octanol–water partition coefficient (Wildman–Crippen LogP) is 3.01. The molecule has 0 aliphatic heterocycles. The van der Waals surface area contributed by atoms with Crippen LogP contribution in [0.1, 0.15) is 6.92 Å². The van der Waals surface area contributed by atoms with Gasteiger partial charge in [-0.25, -0.2) is 0 Å². The zero-order chi connectivity index (χ0) is 14.5. The van der Waals surface area contributed by atoms with E-state index in [0.29, 0.717) is 11.6 Å². The van der Waals surface area contributed by atoms with Gasteiger partial charge in [-0.2, -0.15) is 9.97 Å². The lowest BCUT2D eigenvalue weighted by atomic mass is 10.3. The number of rotatable bonds is 5. The van der Waals surface area contributed by atoms with Gasteiger partial charge in [-0.1, -0.05) is 0 Å². The summed E-state index contributed by atoms with van der Waals surface area (Å²) in [5, 5.41) is 6.28. The average molecular weight is 338 g/mol. The van der Waals surface area contributed by atoms with E-state index in [0.717, 1.165) is 22.5 Å². The van der Waals surface area contributed by atoms with Crippen LogP contribution < -0.4 is 21.1 Å². The van der Waals surface area contributed by atoms with Crippen LogP contribution in [-0.2, 0) is 0 Å². The van der Waals surface area contributed by atoms with Gasteiger partial charge in [-0.15, -0.1) is 0 Å². The number of nitrogens with one attached hydrogen (secondary N) is 2. The molecule has 7 heteroatoms. The molecule has 1 aromatic heterocycles. The summed E-state index contributed by atoms with van der Waals surface area (Å²) in [6, 6.07) is 7.47. The van der Waals surface area contributed by atoms with E-state index >= 15 is 0 Å². The van der Waals surface area contributed by atoms with Crippen LogP contribution in [0.3, 0.4) is 0 Å². The van der Waals surface area contributed by atoms with E-state index < -0.39 is 0 Å². The van der Waals surface area contributed by atoms with Crippen molar-refractivity contribution in [1.29, 1.82) is 0 Å². The highest BCUT2D eigenvalue weighted by Crippen LogP contribution is 2.29. The van der Waals surface area contributed by atoms with E-state index in [-0.39, 0.29) is 5.95 Å². The number of ether oxygens (including phenoxy) is 1. The Hall–Kier alpha value is -2.02. The number of hydrogen-bond donors (Lipinski definition) is 3. The number of anilines is 4. The Morgan fingerprint density at radius 2 is 2.00 bits per heavy atom. The maximum Gasteiger partial charge on any atom is 0.223 e. The van der Waals surface area contributed by atoms with Crippen molar-refractivity contribution in [1.82, 2.24) is 9.97 Å². The second kappa shape index (κ2) is 6.42. The van der Waals surface area contributed by atoms with Gasteiger partial charge in [0.2, 0.25) is 5.95 Å². The number of hydrogen-bond acceptors (Lipinski definition) is 6. The average Bonchev–Trinajstić information content (AvgIpc) is 2.38. The molecule has 4 N–H and O–H groups in total. The zero-order valence-corrected chi connectivity index (χ0v) is 12.9. The molecule has 0 amide bonds. The van der Waals surface area contributed by atoms with Gasteiger partial charge < -0.3 is 21.1 Å². The van der Waals surface area contributed by atoms with Crippen molar-refractivity contribution in [2.24, 2.45) is 0 Å². The van der Waals surface area contributed by atoms with E-state index in [9.17, 15) is 0 Å². The lowest BCUT2D eigenvalue weighted by Gasteiger charge is -2.10. The van der Waals surface area contributed by atoms with Crippen molar-refractivity contribution in [3.63, 3.8) is 0 Å². The number of aromatic nitrogens is 2. The molecule has 0 unspecified atom stereocenters. The molecule has 0 saturated carbocycles. The van der Waals surface area contributed by atoms with Crippen LogP contribution in [0, 0.1) is 0 Å². The summed E-state index contributed by atoms with van der Waals surface area (Å²) in [4.78, 5) is 8.25. The maximum atomic E-state index is 5.69. The minimum Gasteiger partial charge on any atom is -0.496 e. The molecule has 2 rings (SSSR count). The molecule has 0 spiro atoms. The van der Waals surface area contributed by atoms with Gasteiger partial charge in [-0.05, 0) is 41.1 Å². The highest BCUT2D eigenvalue weighted by atomic mass is 79.9. The van der Waals surface area contributed by atoms with Gasteiger partial charge in [0, 0.05) is 18.3 Å². The first kappa shape index (κ1) is 14.4. The standard InChI is InChI=1S/C13H16BrN5O/c1-3-16-11-7-12(19-13(15)18-11)17-8-4-5-10(20-2)9(14)6-8/h4-7H,3H2,1-2H3,(H4,15,16,17,18,19). The fourth-order valence-corrected chi connectivity index (χ4v) is 2.23. The molecule has 1 aromatic carbocycles. The van der Waals surface area contributed by atoms with Gasteiger partial charge in [-0.3, -0.25) is 0 Å². The Balaban J connectivity index is 2.23. The number of halogens is 1. The number of nitrogens with two attached hydrogens (primary N) is 1. The molecule has 6 nitrogen and oxygen atoms in total.